The van der Waals surface area contributed by atoms with Gasteiger partial charge in [-0.05, 0) is 30.5 Å². The Morgan fingerprint density at radius 2 is 2.09 bits per heavy atom. The zero-order valence-corrected chi connectivity index (χ0v) is 13.6. The summed E-state index contributed by atoms with van der Waals surface area (Å²) in [7, 11) is 0. The highest BCUT2D eigenvalue weighted by Gasteiger charge is 2.13. The van der Waals surface area contributed by atoms with Crippen molar-refractivity contribution in [3.05, 3.63) is 29.4 Å². The molecule has 0 fully saturated rings. The molecule has 0 aliphatic carbocycles. The summed E-state index contributed by atoms with van der Waals surface area (Å²) in [4.78, 5) is 23.9. The van der Waals surface area contributed by atoms with E-state index in [1.807, 2.05) is 6.07 Å². The number of rotatable bonds is 6. The summed E-state index contributed by atoms with van der Waals surface area (Å²) in [6.07, 6.45) is 2.84. The number of aromatic nitrogens is 2. The second kappa shape index (κ2) is 7.40. The van der Waals surface area contributed by atoms with Crippen molar-refractivity contribution in [2.24, 2.45) is 5.92 Å². The number of hydrogen-bond acceptors (Lipinski definition) is 3. The minimum absolute atomic E-state index is 0.108. The van der Waals surface area contributed by atoms with Crippen molar-refractivity contribution in [2.75, 3.05) is 6.54 Å². The van der Waals surface area contributed by atoms with Crippen molar-refractivity contribution in [3.63, 3.8) is 0 Å². The van der Waals surface area contributed by atoms with Crippen LogP contribution in [0.1, 0.15) is 37.9 Å². The summed E-state index contributed by atoms with van der Waals surface area (Å²) >= 11 is 5.95. The molecule has 0 atom stereocenters. The maximum atomic E-state index is 12.2. The molecule has 118 valence electrons. The molecule has 0 aliphatic heterocycles. The zero-order valence-electron chi connectivity index (χ0n) is 12.8. The molecule has 2 rings (SSSR count). The lowest BCUT2D eigenvalue weighted by molar-refractivity contribution is -0.121. The molecule has 1 N–H and O–H groups in total. The number of carbonyl (C=O) groups is 2. The average Bonchev–Trinajstić information content (AvgIpc) is 2.87. The monoisotopic (exact) mass is 321 g/mol. The normalized spacial score (nSPS) is 11.1. The third-order valence-corrected chi connectivity index (χ3v) is 3.61. The van der Waals surface area contributed by atoms with Crippen molar-refractivity contribution in [1.29, 1.82) is 0 Å². The number of nitrogens with zero attached hydrogens (tertiary/aromatic N) is 2. The van der Waals surface area contributed by atoms with Gasteiger partial charge < -0.3 is 5.32 Å². The summed E-state index contributed by atoms with van der Waals surface area (Å²) in [6.45, 7) is 4.85. The van der Waals surface area contributed by atoms with Gasteiger partial charge in [-0.15, -0.1) is 0 Å². The van der Waals surface area contributed by atoms with E-state index in [-0.39, 0.29) is 24.7 Å². The summed E-state index contributed by atoms with van der Waals surface area (Å²) in [6, 6.07) is 5.26. The van der Waals surface area contributed by atoms with E-state index in [1.165, 1.54) is 4.68 Å². The molecule has 5 nitrogen and oxygen atoms in total. The number of hydrogen-bond donors (Lipinski definition) is 1. The standard InChI is InChI=1S/C16H20ClN3O2/c1-11(2)7-8-18-15(21)5-6-16(22)20-14-9-13(17)4-3-12(14)10-19-20/h3-4,9-11H,5-8H2,1-2H3,(H,18,21). The van der Waals surface area contributed by atoms with E-state index in [2.05, 4.69) is 24.3 Å². The van der Waals surface area contributed by atoms with E-state index < -0.39 is 0 Å². The van der Waals surface area contributed by atoms with Crippen LogP contribution in [0.5, 0.6) is 0 Å². The van der Waals surface area contributed by atoms with Crippen LogP contribution in [-0.2, 0) is 4.79 Å². The van der Waals surface area contributed by atoms with Crippen LogP contribution in [-0.4, -0.2) is 28.1 Å². The Kier molecular flexibility index (Phi) is 5.55. The largest absolute Gasteiger partial charge is 0.356 e. The van der Waals surface area contributed by atoms with Gasteiger partial charge in [-0.25, -0.2) is 4.68 Å². The molecule has 0 bridgehead atoms. The SMILES string of the molecule is CC(C)CCNC(=O)CCC(=O)n1ncc2ccc(Cl)cc21. The predicted molar refractivity (Wildman–Crippen MR) is 87.1 cm³/mol. The fraction of sp³-hybridized carbons (Fsp3) is 0.438. The van der Waals surface area contributed by atoms with Crippen molar-refractivity contribution < 1.29 is 9.59 Å². The van der Waals surface area contributed by atoms with Crippen molar-refractivity contribution in [1.82, 2.24) is 15.1 Å². The van der Waals surface area contributed by atoms with Crippen LogP contribution in [0.15, 0.2) is 24.4 Å². The fourth-order valence-electron chi connectivity index (χ4n) is 2.11. The molecule has 0 radical (unpaired) electrons. The highest BCUT2D eigenvalue weighted by atomic mass is 35.5. The third kappa shape index (κ3) is 4.31. The number of nitrogens with one attached hydrogen (secondary N) is 1. The molecule has 1 aromatic heterocycles. The average molecular weight is 322 g/mol. The Balaban J connectivity index is 1.91. The minimum atomic E-state index is -0.212. The molecule has 1 amide bonds. The van der Waals surface area contributed by atoms with Crippen LogP contribution in [0.3, 0.4) is 0 Å². The van der Waals surface area contributed by atoms with Crippen LogP contribution < -0.4 is 5.32 Å². The molecule has 0 saturated heterocycles. The Bertz CT molecular complexity index is 679. The molecule has 0 spiro atoms. The van der Waals surface area contributed by atoms with Crippen molar-refractivity contribution in [2.45, 2.75) is 33.1 Å². The second-order valence-corrected chi connectivity index (χ2v) is 6.12. The highest BCUT2D eigenvalue weighted by Crippen LogP contribution is 2.19. The quantitative estimate of drug-likeness (QED) is 0.888. The molecular formula is C16H20ClN3O2. The summed E-state index contributed by atoms with van der Waals surface area (Å²) < 4.78 is 1.31. The van der Waals surface area contributed by atoms with E-state index in [0.717, 1.165) is 11.8 Å². The Morgan fingerprint density at radius 3 is 2.82 bits per heavy atom. The van der Waals surface area contributed by atoms with Crippen molar-refractivity contribution >= 4 is 34.3 Å². The topological polar surface area (TPSA) is 64.0 Å². The van der Waals surface area contributed by atoms with Crippen molar-refractivity contribution in [3.8, 4) is 0 Å². The van der Waals surface area contributed by atoms with Crippen LogP contribution in [0, 0.1) is 5.92 Å². The Labute approximate surface area is 134 Å². The molecule has 0 unspecified atom stereocenters. The van der Waals surface area contributed by atoms with Gasteiger partial charge in [0.25, 0.3) is 0 Å². The van der Waals surface area contributed by atoms with Crippen LogP contribution in [0.4, 0.5) is 0 Å². The lowest BCUT2D eigenvalue weighted by Crippen LogP contribution is -2.26. The first-order chi connectivity index (χ1) is 10.5. The fourth-order valence-corrected chi connectivity index (χ4v) is 2.27. The van der Waals surface area contributed by atoms with Gasteiger partial charge in [0.2, 0.25) is 11.8 Å². The van der Waals surface area contributed by atoms with E-state index >= 15 is 0 Å². The summed E-state index contributed by atoms with van der Waals surface area (Å²) in [5.41, 5.74) is 0.665. The first-order valence-electron chi connectivity index (χ1n) is 7.40. The first-order valence-corrected chi connectivity index (χ1v) is 7.78. The Morgan fingerprint density at radius 1 is 1.32 bits per heavy atom. The second-order valence-electron chi connectivity index (χ2n) is 5.69. The maximum Gasteiger partial charge on any atom is 0.247 e. The van der Waals surface area contributed by atoms with E-state index in [4.69, 9.17) is 11.6 Å². The molecule has 22 heavy (non-hydrogen) atoms. The molecule has 6 heteroatoms. The minimum Gasteiger partial charge on any atom is -0.356 e. The molecule has 1 heterocycles. The van der Waals surface area contributed by atoms with Crippen LogP contribution in [0.25, 0.3) is 10.9 Å². The first kappa shape index (κ1) is 16.5. The van der Waals surface area contributed by atoms with E-state index in [1.54, 1.807) is 18.3 Å². The number of amides is 1. The van der Waals surface area contributed by atoms with E-state index in [9.17, 15) is 9.59 Å². The van der Waals surface area contributed by atoms with Gasteiger partial charge in [-0.2, -0.15) is 5.10 Å². The van der Waals surface area contributed by atoms with Crippen LogP contribution in [0.2, 0.25) is 5.02 Å². The van der Waals surface area contributed by atoms with Gasteiger partial charge in [-0.1, -0.05) is 25.4 Å². The number of halogens is 1. The molecule has 2 aromatic rings. The third-order valence-electron chi connectivity index (χ3n) is 3.38. The summed E-state index contributed by atoms with van der Waals surface area (Å²) in [5.74, 6) is 0.224. The van der Waals surface area contributed by atoms with Gasteiger partial charge in [-0.3, -0.25) is 9.59 Å². The number of carbonyl (C=O) groups excluding carboxylic acids is 2. The smallest absolute Gasteiger partial charge is 0.247 e. The van der Waals surface area contributed by atoms with Gasteiger partial charge in [0.05, 0.1) is 11.7 Å². The highest BCUT2D eigenvalue weighted by molar-refractivity contribution is 6.31. The van der Waals surface area contributed by atoms with Gasteiger partial charge >= 0.3 is 0 Å². The van der Waals surface area contributed by atoms with Gasteiger partial charge in [0.15, 0.2) is 0 Å². The number of fused-ring (bicyclic) bond motifs is 1. The lowest BCUT2D eigenvalue weighted by Gasteiger charge is -2.07. The van der Waals surface area contributed by atoms with Crippen LogP contribution >= 0.6 is 11.6 Å². The molecule has 0 saturated carbocycles. The van der Waals surface area contributed by atoms with Gasteiger partial charge in [0.1, 0.15) is 0 Å². The molecular weight excluding hydrogens is 302 g/mol. The lowest BCUT2D eigenvalue weighted by atomic mass is 10.1. The molecule has 0 aliphatic rings. The summed E-state index contributed by atoms with van der Waals surface area (Å²) in [5, 5.41) is 8.29. The van der Waals surface area contributed by atoms with Gasteiger partial charge in [0, 0.05) is 29.8 Å². The maximum absolute atomic E-state index is 12.2. The predicted octanol–water partition coefficient (Wildman–Crippen LogP) is 3.27. The number of benzene rings is 1. The zero-order chi connectivity index (χ0) is 16.1. The molecule has 1 aromatic carbocycles. The van der Waals surface area contributed by atoms with E-state index in [0.29, 0.717) is 23.0 Å². The Hall–Kier alpha value is -1.88.